The predicted molar refractivity (Wildman–Crippen MR) is 68.7 cm³/mol. The van der Waals surface area contributed by atoms with Crippen LogP contribution in [0.3, 0.4) is 0 Å². The highest BCUT2D eigenvalue weighted by Crippen LogP contribution is 2.62. The van der Waals surface area contributed by atoms with Crippen LogP contribution in [0.1, 0.15) is 27.7 Å². The molecule has 1 saturated carbocycles. The molecule has 0 bridgehead atoms. The summed E-state index contributed by atoms with van der Waals surface area (Å²) >= 11 is 0. The summed E-state index contributed by atoms with van der Waals surface area (Å²) in [6.45, 7) is 8.14. The third-order valence-electron chi connectivity index (χ3n) is 4.36. The summed E-state index contributed by atoms with van der Waals surface area (Å²) in [5.74, 6) is 0. The van der Waals surface area contributed by atoms with Crippen LogP contribution in [0.5, 0.6) is 0 Å². The van der Waals surface area contributed by atoms with E-state index in [4.69, 9.17) is 0 Å². The SMILES string of the molecule is CC1(C)C(NS(=O)(=O)c2ccc(=O)[nH]c2)C1(C)C. The highest BCUT2D eigenvalue weighted by atomic mass is 32.2. The predicted octanol–water partition coefficient (Wildman–Crippen LogP) is 1.09. The highest BCUT2D eigenvalue weighted by Gasteiger charge is 2.66. The maximum Gasteiger partial charge on any atom is 0.247 e. The van der Waals surface area contributed by atoms with Crippen molar-refractivity contribution in [2.24, 2.45) is 10.8 Å². The van der Waals surface area contributed by atoms with Crippen molar-refractivity contribution in [2.75, 3.05) is 0 Å². The van der Waals surface area contributed by atoms with E-state index in [1.807, 2.05) is 27.7 Å². The average Bonchev–Trinajstić information content (AvgIpc) is 2.61. The first-order valence-electron chi connectivity index (χ1n) is 5.80. The van der Waals surface area contributed by atoms with Crippen molar-refractivity contribution in [3.05, 3.63) is 28.7 Å². The lowest BCUT2D eigenvalue weighted by Gasteiger charge is -2.07. The first-order valence-corrected chi connectivity index (χ1v) is 7.28. The molecule has 1 aromatic rings. The van der Waals surface area contributed by atoms with E-state index in [-0.39, 0.29) is 27.3 Å². The molecule has 5 nitrogen and oxygen atoms in total. The molecule has 1 aliphatic rings. The monoisotopic (exact) mass is 270 g/mol. The van der Waals surface area contributed by atoms with Crippen LogP contribution in [-0.4, -0.2) is 19.4 Å². The summed E-state index contributed by atoms with van der Waals surface area (Å²) in [5.41, 5.74) is -0.453. The Morgan fingerprint density at radius 3 is 2.11 bits per heavy atom. The van der Waals surface area contributed by atoms with Crippen LogP contribution in [-0.2, 0) is 10.0 Å². The van der Waals surface area contributed by atoms with E-state index in [1.54, 1.807) is 0 Å². The number of aromatic amines is 1. The van der Waals surface area contributed by atoms with E-state index in [0.29, 0.717) is 0 Å². The molecule has 1 aliphatic carbocycles. The number of nitrogens with one attached hydrogen (secondary N) is 2. The third kappa shape index (κ3) is 1.89. The van der Waals surface area contributed by atoms with Gasteiger partial charge in [-0.3, -0.25) is 4.79 Å². The Morgan fingerprint density at radius 2 is 1.72 bits per heavy atom. The summed E-state index contributed by atoms with van der Waals surface area (Å²) < 4.78 is 27.0. The van der Waals surface area contributed by atoms with Gasteiger partial charge in [0.05, 0.1) is 4.90 Å². The van der Waals surface area contributed by atoms with Crippen molar-refractivity contribution in [3.8, 4) is 0 Å². The minimum atomic E-state index is -3.58. The second-order valence-electron chi connectivity index (χ2n) is 5.89. The molecular weight excluding hydrogens is 252 g/mol. The minimum Gasteiger partial charge on any atom is -0.328 e. The van der Waals surface area contributed by atoms with Crippen LogP contribution in [0.15, 0.2) is 28.0 Å². The molecule has 0 radical (unpaired) electrons. The molecule has 0 aromatic carbocycles. The molecule has 2 rings (SSSR count). The largest absolute Gasteiger partial charge is 0.328 e. The van der Waals surface area contributed by atoms with E-state index < -0.39 is 10.0 Å². The van der Waals surface area contributed by atoms with Gasteiger partial charge in [0, 0.05) is 18.3 Å². The van der Waals surface area contributed by atoms with Gasteiger partial charge in [0.25, 0.3) is 0 Å². The van der Waals surface area contributed by atoms with E-state index >= 15 is 0 Å². The second-order valence-corrected chi connectivity index (χ2v) is 7.60. The van der Waals surface area contributed by atoms with Crippen molar-refractivity contribution >= 4 is 10.0 Å². The van der Waals surface area contributed by atoms with Crippen molar-refractivity contribution in [1.29, 1.82) is 0 Å². The van der Waals surface area contributed by atoms with Crippen LogP contribution in [0, 0.1) is 10.8 Å². The number of aromatic nitrogens is 1. The summed E-state index contributed by atoms with van der Waals surface area (Å²) in [5, 5.41) is 0. The van der Waals surface area contributed by atoms with Crippen LogP contribution < -0.4 is 10.3 Å². The van der Waals surface area contributed by atoms with Crippen molar-refractivity contribution in [3.63, 3.8) is 0 Å². The number of hydrogen-bond donors (Lipinski definition) is 2. The van der Waals surface area contributed by atoms with E-state index in [0.717, 1.165) is 0 Å². The van der Waals surface area contributed by atoms with Crippen LogP contribution in [0.4, 0.5) is 0 Å². The molecule has 2 N–H and O–H groups in total. The molecule has 0 saturated heterocycles. The maximum atomic E-state index is 12.1. The first kappa shape index (κ1) is 13.3. The molecule has 1 fully saturated rings. The number of sulfonamides is 1. The van der Waals surface area contributed by atoms with E-state index in [2.05, 4.69) is 9.71 Å². The third-order valence-corrected chi connectivity index (χ3v) is 5.78. The van der Waals surface area contributed by atoms with Gasteiger partial charge < -0.3 is 4.98 Å². The molecular formula is C12H18N2O3S. The molecule has 6 heteroatoms. The average molecular weight is 270 g/mol. The Kier molecular flexibility index (Phi) is 2.72. The Labute approximate surface area is 107 Å². The molecule has 0 unspecified atom stereocenters. The lowest BCUT2D eigenvalue weighted by Crippen LogP contribution is -2.30. The van der Waals surface area contributed by atoms with Gasteiger partial charge in [-0.1, -0.05) is 27.7 Å². The van der Waals surface area contributed by atoms with Crippen molar-refractivity contribution in [1.82, 2.24) is 9.71 Å². The molecule has 0 aliphatic heterocycles. The summed E-state index contributed by atoms with van der Waals surface area (Å²) in [4.78, 5) is 13.4. The molecule has 0 atom stereocenters. The Hall–Kier alpha value is -1.14. The molecule has 18 heavy (non-hydrogen) atoms. The van der Waals surface area contributed by atoms with E-state index in [9.17, 15) is 13.2 Å². The molecule has 0 spiro atoms. The standard InChI is InChI=1S/C12H18N2O3S/c1-11(2)10(12(11,3)4)14-18(16,17)8-5-6-9(15)13-7-8/h5-7,10,14H,1-4H3,(H,13,15). The minimum absolute atomic E-state index is 0.0672. The first-order chi connectivity index (χ1) is 8.09. The lowest BCUT2D eigenvalue weighted by molar-refractivity contribution is 0.457. The molecule has 100 valence electrons. The zero-order valence-electron chi connectivity index (χ0n) is 10.9. The maximum absolute atomic E-state index is 12.1. The fraction of sp³-hybridized carbons (Fsp3) is 0.583. The summed E-state index contributed by atoms with van der Waals surface area (Å²) in [6.07, 6.45) is 1.22. The van der Waals surface area contributed by atoms with Gasteiger partial charge in [0.2, 0.25) is 15.6 Å². The van der Waals surface area contributed by atoms with Gasteiger partial charge in [-0.05, 0) is 16.9 Å². The number of hydrogen-bond acceptors (Lipinski definition) is 3. The number of pyridine rings is 1. The van der Waals surface area contributed by atoms with Gasteiger partial charge in [0.1, 0.15) is 0 Å². The topological polar surface area (TPSA) is 79.0 Å². The lowest BCUT2D eigenvalue weighted by atomic mass is 10.0. The van der Waals surface area contributed by atoms with Gasteiger partial charge >= 0.3 is 0 Å². The summed E-state index contributed by atoms with van der Waals surface area (Å²) in [6, 6.07) is 2.42. The Bertz CT molecular complexity index is 594. The number of rotatable bonds is 3. The van der Waals surface area contributed by atoms with Crippen LogP contribution in [0.2, 0.25) is 0 Å². The quantitative estimate of drug-likeness (QED) is 0.863. The van der Waals surface area contributed by atoms with Gasteiger partial charge in [-0.25, -0.2) is 13.1 Å². The Morgan fingerprint density at radius 1 is 1.17 bits per heavy atom. The fourth-order valence-electron chi connectivity index (χ4n) is 2.28. The normalized spacial score (nSPS) is 21.8. The highest BCUT2D eigenvalue weighted by molar-refractivity contribution is 7.89. The van der Waals surface area contributed by atoms with Gasteiger partial charge in [0.15, 0.2) is 0 Å². The number of H-pyrrole nitrogens is 1. The fourth-order valence-corrected chi connectivity index (χ4v) is 3.77. The Balaban J connectivity index is 2.25. The van der Waals surface area contributed by atoms with Crippen LogP contribution in [0.25, 0.3) is 0 Å². The van der Waals surface area contributed by atoms with E-state index in [1.165, 1.54) is 18.3 Å². The smallest absolute Gasteiger partial charge is 0.247 e. The zero-order valence-corrected chi connectivity index (χ0v) is 11.8. The molecule has 1 heterocycles. The van der Waals surface area contributed by atoms with Crippen molar-refractivity contribution < 1.29 is 8.42 Å². The van der Waals surface area contributed by atoms with Gasteiger partial charge in [-0.2, -0.15) is 0 Å². The second kappa shape index (κ2) is 3.68. The van der Waals surface area contributed by atoms with Gasteiger partial charge in [-0.15, -0.1) is 0 Å². The van der Waals surface area contributed by atoms with Crippen LogP contribution >= 0.6 is 0 Å². The molecule has 1 aromatic heterocycles. The zero-order chi connectivity index (χ0) is 13.8. The van der Waals surface area contributed by atoms with Crippen molar-refractivity contribution in [2.45, 2.75) is 38.6 Å². The summed E-state index contributed by atoms with van der Waals surface area (Å²) in [7, 11) is -3.58. The molecule has 0 amide bonds.